The van der Waals surface area contributed by atoms with E-state index in [4.69, 9.17) is 0 Å². The molecule has 0 bridgehead atoms. The predicted octanol–water partition coefficient (Wildman–Crippen LogP) is 2.91. The predicted molar refractivity (Wildman–Crippen MR) is 82.0 cm³/mol. The second-order valence-electron chi connectivity index (χ2n) is 4.60. The van der Waals surface area contributed by atoms with Gasteiger partial charge in [0.1, 0.15) is 0 Å². The molecule has 0 saturated carbocycles. The second kappa shape index (κ2) is 6.49. The molecule has 110 valence electrons. The van der Waals surface area contributed by atoms with Crippen LogP contribution in [0.1, 0.15) is 31.2 Å². The van der Waals surface area contributed by atoms with E-state index in [0.717, 1.165) is 11.4 Å². The molecule has 0 aliphatic rings. The first-order valence-corrected chi connectivity index (χ1v) is 7.53. The van der Waals surface area contributed by atoms with E-state index in [2.05, 4.69) is 15.3 Å². The van der Waals surface area contributed by atoms with Crippen LogP contribution in [0, 0.1) is 10.1 Å². The van der Waals surface area contributed by atoms with Gasteiger partial charge in [-0.05, 0) is 24.0 Å². The molecular formula is C13H15N5O2S. The average molecular weight is 305 g/mol. The standard InChI is InChI=1S/C13H15N5O2S/c1-9(2)12-15-16-13(21-3)17(12)14-8-10-4-6-11(7-5-10)18(19)20/h4-9H,1-3H3/b14-8-. The Hall–Kier alpha value is -2.22. The van der Waals surface area contributed by atoms with E-state index in [1.807, 2.05) is 20.1 Å². The van der Waals surface area contributed by atoms with Crippen molar-refractivity contribution < 1.29 is 4.92 Å². The van der Waals surface area contributed by atoms with Gasteiger partial charge in [0.05, 0.1) is 11.1 Å². The summed E-state index contributed by atoms with van der Waals surface area (Å²) in [5.41, 5.74) is 0.833. The van der Waals surface area contributed by atoms with Gasteiger partial charge in [-0.25, -0.2) is 0 Å². The number of nitro benzene ring substituents is 1. The number of rotatable bonds is 5. The smallest absolute Gasteiger partial charge is 0.258 e. The van der Waals surface area contributed by atoms with Crippen LogP contribution in [0.4, 0.5) is 5.69 Å². The molecule has 0 saturated heterocycles. The van der Waals surface area contributed by atoms with E-state index in [-0.39, 0.29) is 11.6 Å². The summed E-state index contributed by atoms with van der Waals surface area (Å²) >= 11 is 1.46. The van der Waals surface area contributed by atoms with Gasteiger partial charge in [-0.2, -0.15) is 9.78 Å². The lowest BCUT2D eigenvalue weighted by Gasteiger charge is -2.04. The zero-order valence-electron chi connectivity index (χ0n) is 11.9. The van der Waals surface area contributed by atoms with Gasteiger partial charge in [-0.1, -0.05) is 25.6 Å². The second-order valence-corrected chi connectivity index (χ2v) is 5.38. The Morgan fingerprint density at radius 2 is 2.00 bits per heavy atom. The van der Waals surface area contributed by atoms with Crippen LogP contribution in [0.25, 0.3) is 0 Å². The number of thioether (sulfide) groups is 1. The minimum atomic E-state index is -0.427. The van der Waals surface area contributed by atoms with Gasteiger partial charge in [0.25, 0.3) is 5.69 Å². The fourth-order valence-electron chi connectivity index (χ4n) is 1.68. The Labute approximate surface area is 126 Å². The molecule has 0 spiro atoms. The van der Waals surface area contributed by atoms with Crippen LogP contribution < -0.4 is 0 Å². The van der Waals surface area contributed by atoms with E-state index in [1.54, 1.807) is 23.0 Å². The van der Waals surface area contributed by atoms with Crippen LogP contribution in [0.3, 0.4) is 0 Å². The first kappa shape index (κ1) is 15.2. The first-order valence-electron chi connectivity index (χ1n) is 6.31. The van der Waals surface area contributed by atoms with Gasteiger partial charge in [-0.15, -0.1) is 10.2 Å². The molecule has 0 atom stereocenters. The molecule has 1 heterocycles. The number of nitro groups is 1. The van der Waals surface area contributed by atoms with Crippen molar-refractivity contribution in [3.63, 3.8) is 0 Å². The highest BCUT2D eigenvalue weighted by molar-refractivity contribution is 7.98. The summed E-state index contributed by atoms with van der Waals surface area (Å²) in [6.07, 6.45) is 3.55. The lowest BCUT2D eigenvalue weighted by atomic mass is 10.2. The third-order valence-corrected chi connectivity index (χ3v) is 3.38. The van der Waals surface area contributed by atoms with Crippen LogP contribution in [0.5, 0.6) is 0 Å². The fraction of sp³-hybridized carbons (Fsp3) is 0.308. The van der Waals surface area contributed by atoms with Gasteiger partial charge in [0.15, 0.2) is 5.82 Å². The molecule has 0 amide bonds. The third-order valence-electron chi connectivity index (χ3n) is 2.76. The molecule has 8 heteroatoms. The fourth-order valence-corrected chi connectivity index (χ4v) is 2.12. The van der Waals surface area contributed by atoms with E-state index in [0.29, 0.717) is 5.16 Å². The molecule has 21 heavy (non-hydrogen) atoms. The van der Waals surface area contributed by atoms with Crippen molar-refractivity contribution in [2.24, 2.45) is 5.10 Å². The summed E-state index contributed by atoms with van der Waals surface area (Å²) < 4.78 is 1.69. The maximum atomic E-state index is 10.6. The first-order chi connectivity index (χ1) is 10.0. The molecule has 1 aromatic carbocycles. The highest BCUT2D eigenvalue weighted by Gasteiger charge is 2.13. The molecule has 2 aromatic rings. The van der Waals surface area contributed by atoms with Gasteiger partial charge < -0.3 is 0 Å². The zero-order valence-corrected chi connectivity index (χ0v) is 12.7. The summed E-state index contributed by atoms with van der Waals surface area (Å²) in [5.74, 6) is 0.977. The lowest BCUT2D eigenvalue weighted by molar-refractivity contribution is -0.384. The molecule has 2 rings (SSSR count). The van der Waals surface area contributed by atoms with Crippen LogP contribution in [0.2, 0.25) is 0 Å². The van der Waals surface area contributed by atoms with Gasteiger partial charge >= 0.3 is 0 Å². The normalized spacial score (nSPS) is 11.4. The Kier molecular flexibility index (Phi) is 4.69. The third kappa shape index (κ3) is 3.46. The molecule has 0 fully saturated rings. The SMILES string of the molecule is CSc1nnc(C(C)C)n1/N=C\c1ccc([N+](=O)[O-])cc1. The molecule has 1 aromatic heterocycles. The summed E-state index contributed by atoms with van der Waals surface area (Å²) in [7, 11) is 0. The Morgan fingerprint density at radius 3 is 2.52 bits per heavy atom. The van der Waals surface area contributed by atoms with Crippen molar-refractivity contribution >= 4 is 23.7 Å². The van der Waals surface area contributed by atoms with E-state index in [1.165, 1.54) is 23.9 Å². The summed E-state index contributed by atoms with van der Waals surface area (Å²) in [5, 5.41) is 23.9. The molecule has 0 aliphatic carbocycles. The minimum absolute atomic E-state index is 0.0594. The topological polar surface area (TPSA) is 86.2 Å². The van der Waals surface area contributed by atoms with E-state index >= 15 is 0 Å². The van der Waals surface area contributed by atoms with Crippen molar-refractivity contribution in [3.05, 3.63) is 45.8 Å². The number of benzene rings is 1. The molecule has 0 aliphatic heterocycles. The highest BCUT2D eigenvalue weighted by atomic mass is 32.2. The van der Waals surface area contributed by atoms with E-state index < -0.39 is 4.92 Å². The molecular weight excluding hydrogens is 290 g/mol. The monoisotopic (exact) mass is 305 g/mol. The largest absolute Gasteiger partial charge is 0.269 e. The molecule has 0 unspecified atom stereocenters. The number of hydrogen-bond donors (Lipinski definition) is 0. The highest BCUT2D eigenvalue weighted by Crippen LogP contribution is 2.19. The van der Waals surface area contributed by atoms with Gasteiger partial charge in [0.2, 0.25) is 5.16 Å². The van der Waals surface area contributed by atoms with Crippen molar-refractivity contribution in [1.29, 1.82) is 0 Å². The van der Waals surface area contributed by atoms with Crippen molar-refractivity contribution in [1.82, 2.24) is 14.9 Å². The maximum absolute atomic E-state index is 10.6. The molecule has 7 nitrogen and oxygen atoms in total. The van der Waals surface area contributed by atoms with Crippen LogP contribution in [0.15, 0.2) is 34.5 Å². The van der Waals surface area contributed by atoms with E-state index in [9.17, 15) is 10.1 Å². The Balaban J connectivity index is 2.28. The Morgan fingerprint density at radius 1 is 1.33 bits per heavy atom. The van der Waals surface area contributed by atoms with Crippen molar-refractivity contribution in [3.8, 4) is 0 Å². The van der Waals surface area contributed by atoms with Gasteiger partial charge in [-0.3, -0.25) is 10.1 Å². The Bertz CT molecular complexity index is 664. The molecule has 0 N–H and O–H groups in total. The maximum Gasteiger partial charge on any atom is 0.269 e. The summed E-state index contributed by atoms with van der Waals surface area (Å²) in [6.45, 7) is 4.04. The van der Waals surface area contributed by atoms with Crippen LogP contribution >= 0.6 is 11.8 Å². The van der Waals surface area contributed by atoms with Crippen LogP contribution in [-0.2, 0) is 0 Å². The summed E-state index contributed by atoms with van der Waals surface area (Å²) in [6, 6.07) is 6.21. The van der Waals surface area contributed by atoms with Crippen molar-refractivity contribution in [2.75, 3.05) is 6.26 Å². The summed E-state index contributed by atoms with van der Waals surface area (Å²) in [4.78, 5) is 10.2. The molecule has 0 radical (unpaired) electrons. The van der Waals surface area contributed by atoms with Gasteiger partial charge in [0, 0.05) is 18.1 Å². The quantitative estimate of drug-likeness (QED) is 0.367. The van der Waals surface area contributed by atoms with Crippen molar-refractivity contribution in [2.45, 2.75) is 24.9 Å². The van der Waals surface area contributed by atoms with Crippen LogP contribution in [-0.4, -0.2) is 32.3 Å². The zero-order chi connectivity index (χ0) is 15.4. The lowest BCUT2D eigenvalue weighted by Crippen LogP contribution is -2.02. The minimum Gasteiger partial charge on any atom is -0.258 e. The number of nitrogens with zero attached hydrogens (tertiary/aromatic N) is 5. The number of aromatic nitrogens is 3. The number of non-ortho nitro benzene ring substituents is 1. The number of hydrogen-bond acceptors (Lipinski definition) is 6. The average Bonchev–Trinajstić information content (AvgIpc) is 2.88.